The Kier molecular flexibility index (Phi) is 3.13. The molecule has 0 unspecified atom stereocenters. The summed E-state index contributed by atoms with van der Waals surface area (Å²) in [7, 11) is 0. The molecule has 0 bridgehead atoms. The molecule has 0 spiro atoms. The third-order valence-electron chi connectivity index (χ3n) is 4.30. The molecule has 0 amide bonds. The number of para-hydroxylation sites is 1. The number of nitrogens with zero attached hydrogens (tertiary/aromatic N) is 2. The number of hydrogen-bond acceptors (Lipinski definition) is 4. The first-order chi connectivity index (χ1) is 11.4. The number of carbonyl (C=O) groups is 1. The fraction of sp³-hybridized carbons (Fsp3) is 0.167. The number of carbonyl (C=O) groups excluding carboxylic acids is 1. The Hall–Kier alpha value is -2.50. The van der Waals surface area contributed by atoms with Crippen molar-refractivity contribution in [2.45, 2.75) is 18.9 Å². The van der Waals surface area contributed by atoms with Crippen molar-refractivity contribution < 1.29 is 9.90 Å². The molecule has 3 aromatic rings. The molecule has 1 N–H and O–H groups in total. The van der Waals surface area contributed by atoms with Gasteiger partial charge >= 0.3 is 0 Å². The maximum absolute atomic E-state index is 13.0. The van der Waals surface area contributed by atoms with Crippen LogP contribution in [-0.2, 0) is 10.4 Å². The lowest BCUT2D eigenvalue weighted by molar-refractivity contribution is -0.120. The number of fused-ring (bicyclic) bond motifs is 4. The Labute approximate surface area is 142 Å². The van der Waals surface area contributed by atoms with Gasteiger partial charge < -0.3 is 5.11 Å². The van der Waals surface area contributed by atoms with Gasteiger partial charge in [-0.3, -0.25) is 14.2 Å². The first-order valence-electron chi connectivity index (χ1n) is 7.47. The third kappa shape index (κ3) is 1.89. The molecule has 24 heavy (non-hydrogen) atoms. The molecule has 1 atom stereocenters. The number of rotatable bonds is 2. The smallest absolute Gasteiger partial charge is 0.266 e. The van der Waals surface area contributed by atoms with E-state index in [9.17, 15) is 14.7 Å². The fourth-order valence-corrected chi connectivity index (χ4v) is 3.71. The van der Waals surface area contributed by atoms with Gasteiger partial charge in [-0.2, -0.15) is 0 Å². The number of aliphatic hydroxyl groups is 1. The maximum Gasteiger partial charge on any atom is 0.266 e. The van der Waals surface area contributed by atoms with Crippen LogP contribution >= 0.6 is 11.6 Å². The van der Waals surface area contributed by atoms with Crippen LogP contribution in [0.1, 0.15) is 24.7 Å². The van der Waals surface area contributed by atoms with Crippen LogP contribution in [0.15, 0.2) is 47.3 Å². The topological polar surface area (TPSA) is 72.2 Å². The van der Waals surface area contributed by atoms with Crippen molar-refractivity contribution in [3.63, 3.8) is 0 Å². The third-order valence-corrected chi connectivity index (χ3v) is 4.61. The van der Waals surface area contributed by atoms with Crippen LogP contribution in [0.2, 0.25) is 5.02 Å². The van der Waals surface area contributed by atoms with E-state index in [0.717, 1.165) is 0 Å². The van der Waals surface area contributed by atoms with Gasteiger partial charge in [-0.1, -0.05) is 29.8 Å². The van der Waals surface area contributed by atoms with Gasteiger partial charge in [-0.15, -0.1) is 0 Å². The summed E-state index contributed by atoms with van der Waals surface area (Å²) in [6.45, 7) is 1.39. The summed E-state index contributed by atoms with van der Waals surface area (Å²) < 4.78 is 1.35. The monoisotopic (exact) mass is 340 g/mol. The minimum absolute atomic E-state index is 0.129. The Balaban J connectivity index is 2.19. The van der Waals surface area contributed by atoms with Crippen molar-refractivity contribution in [2.24, 2.45) is 0 Å². The van der Waals surface area contributed by atoms with Crippen molar-refractivity contribution in [1.82, 2.24) is 9.55 Å². The van der Waals surface area contributed by atoms with Crippen LogP contribution in [-0.4, -0.2) is 20.4 Å². The molecule has 2 aromatic carbocycles. The minimum Gasteiger partial charge on any atom is -0.377 e. The molecule has 0 saturated heterocycles. The summed E-state index contributed by atoms with van der Waals surface area (Å²) in [4.78, 5) is 29.2. The van der Waals surface area contributed by atoms with Gasteiger partial charge in [-0.25, -0.2) is 4.98 Å². The molecule has 6 heteroatoms. The van der Waals surface area contributed by atoms with Crippen LogP contribution in [0.25, 0.3) is 16.6 Å². The summed E-state index contributed by atoms with van der Waals surface area (Å²) in [5, 5.41) is 12.0. The molecular formula is C18H13ClN2O3. The van der Waals surface area contributed by atoms with Crippen LogP contribution in [0.5, 0.6) is 0 Å². The fourth-order valence-electron chi connectivity index (χ4n) is 3.38. The summed E-state index contributed by atoms with van der Waals surface area (Å²) in [6.07, 6.45) is -0.200. The quantitative estimate of drug-likeness (QED) is 0.778. The second-order valence-electron chi connectivity index (χ2n) is 5.97. The standard InChI is InChI=1S/C18H13ClN2O3/c1-10(22)9-18(24)15-12(19)6-4-8-14(15)21-16(23)11-5-2-3-7-13(11)20-17(18)21/h2-8,24H,9H2,1H3/t18-/m0/s1. The van der Waals surface area contributed by atoms with E-state index >= 15 is 0 Å². The zero-order chi connectivity index (χ0) is 17.1. The predicted molar refractivity (Wildman–Crippen MR) is 90.6 cm³/mol. The molecule has 0 aliphatic carbocycles. The van der Waals surface area contributed by atoms with Crippen LogP contribution < -0.4 is 5.56 Å². The highest BCUT2D eigenvalue weighted by atomic mass is 35.5. The molecule has 4 rings (SSSR count). The molecule has 1 aliphatic rings. The van der Waals surface area contributed by atoms with Gasteiger partial charge in [0, 0.05) is 17.0 Å². The number of Topliss-reactive ketones (excluding diaryl/α,β-unsaturated/α-hetero) is 1. The van der Waals surface area contributed by atoms with Gasteiger partial charge in [0.05, 0.1) is 16.6 Å². The van der Waals surface area contributed by atoms with E-state index in [2.05, 4.69) is 4.98 Å². The minimum atomic E-state index is -1.72. The molecular weight excluding hydrogens is 328 g/mol. The van der Waals surface area contributed by atoms with Crippen molar-refractivity contribution >= 4 is 28.3 Å². The molecule has 5 nitrogen and oxygen atoms in total. The summed E-state index contributed by atoms with van der Waals surface area (Å²) in [5.41, 5.74) is -0.729. The second-order valence-corrected chi connectivity index (χ2v) is 6.37. The van der Waals surface area contributed by atoms with E-state index in [1.807, 2.05) is 0 Å². The molecule has 0 fully saturated rings. The predicted octanol–water partition coefficient (Wildman–Crippen LogP) is 2.57. The summed E-state index contributed by atoms with van der Waals surface area (Å²) >= 11 is 6.30. The molecule has 1 aliphatic heterocycles. The highest BCUT2D eigenvalue weighted by molar-refractivity contribution is 6.32. The summed E-state index contributed by atoms with van der Waals surface area (Å²) in [6, 6.07) is 11.9. The van der Waals surface area contributed by atoms with E-state index in [-0.39, 0.29) is 23.6 Å². The van der Waals surface area contributed by atoms with Crippen molar-refractivity contribution in [2.75, 3.05) is 0 Å². The van der Waals surface area contributed by atoms with Gasteiger partial charge in [-0.05, 0) is 31.2 Å². The van der Waals surface area contributed by atoms with Crippen molar-refractivity contribution in [3.05, 3.63) is 69.2 Å². The Morgan fingerprint density at radius 3 is 2.75 bits per heavy atom. The maximum atomic E-state index is 13.0. The van der Waals surface area contributed by atoms with E-state index < -0.39 is 5.60 Å². The van der Waals surface area contributed by atoms with Crippen LogP contribution in [0.4, 0.5) is 0 Å². The van der Waals surface area contributed by atoms with Gasteiger partial charge in [0.25, 0.3) is 5.56 Å². The number of halogens is 1. The van der Waals surface area contributed by atoms with E-state index in [1.165, 1.54) is 11.5 Å². The lowest BCUT2D eigenvalue weighted by Gasteiger charge is -2.23. The average Bonchev–Trinajstić information content (AvgIpc) is 2.77. The van der Waals surface area contributed by atoms with E-state index in [0.29, 0.717) is 27.2 Å². The normalized spacial score (nSPS) is 18.5. The van der Waals surface area contributed by atoms with Gasteiger partial charge in [0.2, 0.25) is 0 Å². The largest absolute Gasteiger partial charge is 0.377 e. The van der Waals surface area contributed by atoms with Crippen molar-refractivity contribution in [1.29, 1.82) is 0 Å². The Morgan fingerprint density at radius 2 is 2.00 bits per heavy atom. The molecule has 0 radical (unpaired) electrons. The lowest BCUT2D eigenvalue weighted by atomic mass is 9.89. The van der Waals surface area contributed by atoms with E-state index in [1.54, 1.807) is 42.5 Å². The van der Waals surface area contributed by atoms with Crippen molar-refractivity contribution in [3.8, 4) is 5.69 Å². The number of hydrogen-bond donors (Lipinski definition) is 1. The zero-order valence-electron chi connectivity index (χ0n) is 12.8. The molecule has 1 aromatic heterocycles. The zero-order valence-corrected chi connectivity index (χ0v) is 13.5. The van der Waals surface area contributed by atoms with Crippen LogP contribution in [0, 0.1) is 0 Å². The van der Waals surface area contributed by atoms with Gasteiger partial charge in [0.15, 0.2) is 11.4 Å². The first kappa shape index (κ1) is 15.1. The van der Waals surface area contributed by atoms with Crippen LogP contribution in [0.3, 0.4) is 0 Å². The molecule has 120 valence electrons. The number of aromatic nitrogens is 2. The first-order valence-corrected chi connectivity index (χ1v) is 7.85. The SMILES string of the molecule is CC(=O)C[C@]1(O)c2c(Cl)cccc2-n2c1nc1ccccc1c2=O. The summed E-state index contributed by atoms with van der Waals surface area (Å²) in [5.74, 6) is -0.0938. The highest BCUT2D eigenvalue weighted by Crippen LogP contribution is 2.45. The van der Waals surface area contributed by atoms with Gasteiger partial charge in [0.1, 0.15) is 5.78 Å². The average molecular weight is 341 g/mol. The molecule has 0 saturated carbocycles. The number of ketones is 1. The lowest BCUT2D eigenvalue weighted by Crippen LogP contribution is -2.32. The molecule has 2 heterocycles. The Morgan fingerprint density at radius 1 is 1.25 bits per heavy atom. The second kappa shape index (κ2) is 5.00. The Bertz CT molecular complexity index is 1070. The van der Waals surface area contributed by atoms with E-state index in [4.69, 9.17) is 11.6 Å². The highest BCUT2D eigenvalue weighted by Gasteiger charge is 2.47. The number of benzene rings is 2.